The molecule has 2 atom stereocenters. The Hall–Kier alpha value is -2.35. The van der Waals surface area contributed by atoms with Crippen molar-refractivity contribution in [1.29, 1.82) is 0 Å². The van der Waals surface area contributed by atoms with Crippen LogP contribution < -0.4 is 10.1 Å². The van der Waals surface area contributed by atoms with Crippen molar-refractivity contribution in [3.05, 3.63) is 28.8 Å². The van der Waals surface area contributed by atoms with Crippen molar-refractivity contribution < 1.29 is 14.3 Å². The maximum absolute atomic E-state index is 12.3. The van der Waals surface area contributed by atoms with Gasteiger partial charge in [-0.05, 0) is 27.2 Å². The molecule has 0 bridgehead atoms. The number of carbonyl (C=O) groups excluding carboxylic acids is 1. The lowest BCUT2D eigenvalue weighted by Crippen LogP contribution is -2.39. The van der Waals surface area contributed by atoms with Gasteiger partial charge in [0.1, 0.15) is 11.8 Å². The van der Waals surface area contributed by atoms with Crippen LogP contribution in [-0.2, 0) is 23.6 Å². The molecular formula is C17H25N5O3. The number of hydrogen-bond acceptors (Lipinski definition) is 5. The summed E-state index contributed by atoms with van der Waals surface area (Å²) in [5, 5.41) is 11.7. The first-order chi connectivity index (χ1) is 11.9. The maximum Gasteiger partial charge on any atom is 0.258 e. The molecule has 8 heteroatoms. The van der Waals surface area contributed by atoms with Gasteiger partial charge < -0.3 is 14.8 Å². The Bertz CT molecular complexity index is 780. The van der Waals surface area contributed by atoms with Crippen LogP contribution in [0.4, 0.5) is 0 Å². The van der Waals surface area contributed by atoms with E-state index in [1.54, 1.807) is 9.36 Å². The number of aryl methyl sites for hydroxylation is 4. The lowest BCUT2D eigenvalue weighted by atomic mass is 10.0. The van der Waals surface area contributed by atoms with Crippen molar-refractivity contribution in [1.82, 2.24) is 24.9 Å². The lowest BCUT2D eigenvalue weighted by Gasteiger charge is -2.19. The van der Waals surface area contributed by atoms with Gasteiger partial charge in [-0.2, -0.15) is 10.2 Å². The molecule has 1 fully saturated rings. The normalized spacial score (nSPS) is 20.0. The summed E-state index contributed by atoms with van der Waals surface area (Å²) in [6, 6.07) is -0.0740. The van der Waals surface area contributed by atoms with E-state index in [2.05, 4.69) is 15.5 Å². The largest absolute Gasteiger partial charge is 0.480 e. The molecule has 2 aromatic rings. The van der Waals surface area contributed by atoms with E-state index in [4.69, 9.17) is 9.47 Å². The standard InChI is InChI=1S/C17H25N5O3/c1-10-13(8-21(4)19-10)17-14(6-7-24-17)18-15(23)9-25-16-11(2)20-22(5)12(16)3/h8,14,17H,6-7,9H2,1-5H3,(H,18,23)/t14-,17+/m0/s1. The van der Waals surface area contributed by atoms with E-state index in [-0.39, 0.29) is 24.7 Å². The highest BCUT2D eigenvalue weighted by atomic mass is 16.5. The predicted molar refractivity (Wildman–Crippen MR) is 91.4 cm³/mol. The summed E-state index contributed by atoms with van der Waals surface area (Å²) in [7, 11) is 3.73. The summed E-state index contributed by atoms with van der Waals surface area (Å²) >= 11 is 0. The SMILES string of the molecule is Cc1nn(C)cc1[C@H]1OCC[C@@H]1NC(=O)COc1c(C)nn(C)c1C. The zero-order valence-electron chi connectivity index (χ0n) is 15.4. The highest BCUT2D eigenvalue weighted by molar-refractivity contribution is 5.78. The first-order valence-electron chi connectivity index (χ1n) is 8.41. The quantitative estimate of drug-likeness (QED) is 0.876. The monoisotopic (exact) mass is 347 g/mol. The van der Waals surface area contributed by atoms with Crippen molar-refractivity contribution >= 4 is 5.91 Å². The molecule has 0 saturated carbocycles. The Labute approximate surface area is 147 Å². The van der Waals surface area contributed by atoms with E-state index in [1.807, 2.05) is 41.1 Å². The first kappa shape index (κ1) is 17.5. The molecular weight excluding hydrogens is 322 g/mol. The lowest BCUT2D eigenvalue weighted by molar-refractivity contribution is -0.124. The van der Waals surface area contributed by atoms with Gasteiger partial charge in [0.05, 0.1) is 17.4 Å². The Morgan fingerprint density at radius 2 is 2.08 bits per heavy atom. The minimum absolute atomic E-state index is 0.0391. The van der Waals surface area contributed by atoms with Gasteiger partial charge in [-0.25, -0.2) is 0 Å². The number of rotatable bonds is 5. The molecule has 1 N–H and O–H groups in total. The highest BCUT2D eigenvalue weighted by Gasteiger charge is 2.33. The highest BCUT2D eigenvalue weighted by Crippen LogP contribution is 2.30. The molecule has 1 saturated heterocycles. The Balaban J connectivity index is 1.61. The zero-order valence-corrected chi connectivity index (χ0v) is 15.4. The van der Waals surface area contributed by atoms with Gasteiger partial charge in [-0.3, -0.25) is 14.2 Å². The summed E-state index contributed by atoms with van der Waals surface area (Å²) in [6.45, 7) is 6.31. The molecule has 1 aliphatic heterocycles. The minimum Gasteiger partial charge on any atom is -0.480 e. The van der Waals surface area contributed by atoms with Crippen molar-refractivity contribution in [2.45, 2.75) is 39.3 Å². The molecule has 25 heavy (non-hydrogen) atoms. The summed E-state index contributed by atoms with van der Waals surface area (Å²) < 4.78 is 15.0. The molecule has 0 aromatic carbocycles. The fraction of sp³-hybridized carbons (Fsp3) is 0.588. The third kappa shape index (κ3) is 3.53. The Kier molecular flexibility index (Phi) is 4.80. The molecule has 3 heterocycles. The van der Waals surface area contributed by atoms with Gasteiger partial charge in [-0.1, -0.05) is 0 Å². The number of carbonyl (C=O) groups is 1. The average molecular weight is 347 g/mol. The van der Waals surface area contributed by atoms with Gasteiger partial charge >= 0.3 is 0 Å². The Morgan fingerprint density at radius 3 is 2.68 bits per heavy atom. The van der Waals surface area contributed by atoms with Crippen LogP contribution in [0.15, 0.2) is 6.20 Å². The minimum atomic E-state index is -0.167. The van der Waals surface area contributed by atoms with Gasteiger partial charge in [0.15, 0.2) is 12.4 Å². The van der Waals surface area contributed by atoms with E-state index in [1.165, 1.54) is 0 Å². The molecule has 0 aliphatic carbocycles. The van der Waals surface area contributed by atoms with Crippen LogP contribution in [0, 0.1) is 20.8 Å². The van der Waals surface area contributed by atoms with Gasteiger partial charge in [-0.15, -0.1) is 0 Å². The van der Waals surface area contributed by atoms with E-state index < -0.39 is 0 Å². The number of nitrogens with one attached hydrogen (secondary N) is 1. The summed E-state index contributed by atoms with van der Waals surface area (Å²) in [4.78, 5) is 12.3. The number of hydrogen-bond donors (Lipinski definition) is 1. The van der Waals surface area contributed by atoms with Gasteiger partial charge in [0.2, 0.25) is 0 Å². The molecule has 0 spiro atoms. The second kappa shape index (κ2) is 6.87. The van der Waals surface area contributed by atoms with E-state index in [0.717, 1.165) is 29.1 Å². The molecule has 0 radical (unpaired) electrons. The number of amides is 1. The van der Waals surface area contributed by atoms with Crippen LogP contribution in [0.25, 0.3) is 0 Å². The van der Waals surface area contributed by atoms with Crippen LogP contribution >= 0.6 is 0 Å². The van der Waals surface area contributed by atoms with Crippen molar-refractivity contribution in [2.24, 2.45) is 14.1 Å². The number of aromatic nitrogens is 4. The molecule has 2 aromatic heterocycles. The molecule has 3 rings (SSSR count). The second-order valence-corrected chi connectivity index (χ2v) is 6.51. The predicted octanol–water partition coefficient (Wildman–Crippen LogP) is 1.10. The zero-order chi connectivity index (χ0) is 18.1. The molecule has 0 unspecified atom stereocenters. The van der Waals surface area contributed by atoms with Crippen LogP contribution in [0.3, 0.4) is 0 Å². The average Bonchev–Trinajstić information content (AvgIpc) is 3.18. The van der Waals surface area contributed by atoms with E-state index >= 15 is 0 Å². The summed E-state index contributed by atoms with van der Waals surface area (Å²) in [5.41, 5.74) is 3.62. The molecule has 1 amide bonds. The van der Waals surface area contributed by atoms with E-state index in [9.17, 15) is 4.79 Å². The first-order valence-corrected chi connectivity index (χ1v) is 8.41. The number of nitrogens with zero attached hydrogens (tertiary/aromatic N) is 4. The molecule has 136 valence electrons. The van der Waals surface area contributed by atoms with E-state index in [0.29, 0.717) is 12.4 Å². The van der Waals surface area contributed by atoms with Crippen LogP contribution in [0.1, 0.15) is 35.2 Å². The fourth-order valence-electron chi connectivity index (χ4n) is 3.29. The second-order valence-electron chi connectivity index (χ2n) is 6.51. The van der Waals surface area contributed by atoms with Gasteiger partial charge in [0.25, 0.3) is 5.91 Å². The van der Waals surface area contributed by atoms with Gasteiger partial charge in [0, 0.05) is 32.5 Å². The van der Waals surface area contributed by atoms with Crippen LogP contribution in [-0.4, -0.2) is 44.7 Å². The molecule has 8 nitrogen and oxygen atoms in total. The van der Waals surface area contributed by atoms with Crippen LogP contribution in [0.5, 0.6) is 5.75 Å². The maximum atomic E-state index is 12.3. The van der Waals surface area contributed by atoms with Crippen molar-refractivity contribution in [3.63, 3.8) is 0 Å². The smallest absolute Gasteiger partial charge is 0.258 e. The third-order valence-corrected chi connectivity index (χ3v) is 4.59. The van der Waals surface area contributed by atoms with Crippen LogP contribution in [0.2, 0.25) is 0 Å². The third-order valence-electron chi connectivity index (χ3n) is 4.59. The Morgan fingerprint density at radius 1 is 1.32 bits per heavy atom. The fourth-order valence-corrected chi connectivity index (χ4v) is 3.29. The number of ether oxygens (including phenoxy) is 2. The summed E-state index contributed by atoms with van der Waals surface area (Å²) in [6.07, 6.45) is 2.55. The van der Waals surface area contributed by atoms with Crippen molar-refractivity contribution in [3.8, 4) is 5.75 Å². The topological polar surface area (TPSA) is 83.2 Å². The molecule has 1 aliphatic rings. The van der Waals surface area contributed by atoms with Crippen molar-refractivity contribution in [2.75, 3.05) is 13.2 Å². The summed E-state index contributed by atoms with van der Waals surface area (Å²) in [5.74, 6) is 0.504.